The highest BCUT2D eigenvalue weighted by Crippen LogP contribution is 2.33. The van der Waals surface area contributed by atoms with Gasteiger partial charge in [-0.25, -0.2) is 0 Å². The van der Waals surface area contributed by atoms with Crippen LogP contribution in [0.3, 0.4) is 0 Å². The van der Waals surface area contributed by atoms with Crippen LogP contribution in [0.1, 0.15) is 77.5 Å². The fourth-order valence-electron chi connectivity index (χ4n) is 2.80. The Morgan fingerprint density at radius 3 is 2.15 bits per heavy atom. The maximum absolute atomic E-state index is 12.4. The topological polar surface area (TPSA) is 17.1 Å². The highest BCUT2D eigenvalue weighted by Gasteiger charge is 2.26. The van der Waals surface area contributed by atoms with Gasteiger partial charge in [0.05, 0.1) is 0 Å². The molecule has 0 saturated heterocycles. The number of carbonyl (C=O) groups is 1. The molecule has 1 unspecified atom stereocenters. The van der Waals surface area contributed by atoms with Crippen LogP contribution in [-0.4, -0.2) is 5.78 Å². The first-order chi connectivity index (χ1) is 9.22. The van der Waals surface area contributed by atoms with Crippen molar-refractivity contribution in [1.82, 2.24) is 0 Å². The van der Waals surface area contributed by atoms with Crippen molar-refractivity contribution >= 4 is 5.78 Å². The summed E-state index contributed by atoms with van der Waals surface area (Å²) in [5.41, 5.74) is 4.01. The van der Waals surface area contributed by atoms with E-state index in [1.165, 1.54) is 16.7 Å². The van der Waals surface area contributed by atoms with Crippen LogP contribution in [0.15, 0.2) is 18.2 Å². The van der Waals surface area contributed by atoms with E-state index >= 15 is 0 Å². The van der Waals surface area contributed by atoms with Crippen molar-refractivity contribution in [2.45, 2.75) is 72.6 Å². The van der Waals surface area contributed by atoms with E-state index in [4.69, 9.17) is 0 Å². The Bertz CT molecular complexity index is 463. The average molecular weight is 274 g/mol. The fourth-order valence-corrected chi connectivity index (χ4v) is 2.80. The first-order valence-electron chi connectivity index (χ1n) is 7.88. The number of Topliss-reactive ketones (excluding diaryl/α,β-unsaturated/α-hetero) is 1. The second-order valence-corrected chi connectivity index (χ2v) is 7.06. The predicted molar refractivity (Wildman–Crippen MR) is 87.4 cm³/mol. The molecule has 0 aliphatic carbocycles. The van der Waals surface area contributed by atoms with Crippen LogP contribution in [-0.2, 0) is 16.6 Å². The zero-order valence-corrected chi connectivity index (χ0v) is 14.2. The van der Waals surface area contributed by atoms with Crippen LogP contribution < -0.4 is 0 Å². The van der Waals surface area contributed by atoms with Crippen molar-refractivity contribution in [1.29, 1.82) is 0 Å². The van der Waals surface area contributed by atoms with Gasteiger partial charge in [-0.15, -0.1) is 0 Å². The molecule has 0 aliphatic rings. The summed E-state index contributed by atoms with van der Waals surface area (Å²) >= 11 is 0. The average Bonchev–Trinajstić information content (AvgIpc) is 2.37. The summed E-state index contributed by atoms with van der Waals surface area (Å²) in [6, 6.07) is 6.71. The van der Waals surface area contributed by atoms with Gasteiger partial charge >= 0.3 is 0 Å². The largest absolute Gasteiger partial charge is 0.299 e. The van der Waals surface area contributed by atoms with Crippen LogP contribution in [0.2, 0.25) is 0 Å². The third-order valence-electron chi connectivity index (χ3n) is 4.09. The SMILES string of the molecule is CCC(=O)C(c1cc(C(C)(C)C)ccc1CC)C(C)C. The highest BCUT2D eigenvalue weighted by atomic mass is 16.1. The molecule has 20 heavy (non-hydrogen) atoms. The monoisotopic (exact) mass is 274 g/mol. The summed E-state index contributed by atoms with van der Waals surface area (Å²) in [7, 11) is 0. The second kappa shape index (κ2) is 6.56. The Labute approximate surface area is 124 Å². The molecule has 0 bridgehead atoms. The molecular weight excluding hydrogens is 244 g/mol. The van der Waals surface area contributed by atoms with Gasteiger partial charge < -0.3 is 0 Å². The Hall–Kier alpha value is -1.11. The molecule has 1 aromatic rings. The van der Waals surface area contributed by atoms with Crippen LogP contribution in [0, 0.1) is 5.92 Å². The minimum absolute atomic E-state index is 0.0391. The van der Waals surface area contributed by atoms with Gasteiger partial charge in [0.25, 0.3) is 0 Å². The van der Waals surface area contributed by atoms with Gasteiger partial charge in [-0.05, 0) is 34.4 Å². The van der Waals surface area contributed by atoms with Gasteiger partial charge in [-0.2, -0.15) is 0 Å². The molecule has 1 atom stereocenters. The standard InChI is InChI=1S/C19H30O/c1-8-14-10-11-15(19(5,6)7)12-16(14)18(13(3)4)17(20)9-2/h10-13,18H,8-9H2,1-7H3. The summed E-state index contributed by atoms with van der Waals surface area (Å²) in [4.78, 5) is 12.4. The van der Waals surface area contributed by atoms with E-state index in [0.717, 1.165) is 6.42 Å². The maximum Gasteiger partial charge on any atom is 0.140 e. The van der Waals surface area contributed by atoms with E-state index in [-0.39, 0.29) is 11.3 Å². The summed E-state index contributed by atoms with van der Waals surface area (Å²) in [6.45, 7) is 15.1. The molecule has 0 spiro atoms. The van der Waals surface area contributed by atoms with Crippen molar-refractivity contribution < 1.29 is 4.79 Å². The highest BCUT2D eigenvalue weighted by molar-refractivity contribution is 5.86. The van der Waals surface area contributed by atoms with Gasteiger partial charge in [0.2, 0.25) is 0 Å². The van der Waals surface area contributed by atoms with Crippen molar-refractivity contribution in [3.63, 3.8) is 0 Å². The molecule has 0 amide bonds. The summed E-state index contributed by atoms with van der Waals surface area (Å²) in [5.74, 6) is 0.751. The van der Waals surface area contributed by atoms with Crippen LogP contribution in [0.5, 0.6) is 0 Å². The number of ketones is 1. The number of carbonyl (C=O) groups excluding carboxylic acids is 1. The quantitative estimate of drug-likeness (QED) is 0.715. The molecule has 0 N–H and O–H groups in total. The predicted octanol–water partition coefficient (Wildman–Crippen LogP) is 5.27. The molecule has 0 aromatic heterocycles. The molecule has 0 fully saturated rings. The lowest BCUT2D eigenvalue weighted by molar-refractivity contribution is -0.121. The molecule has 0 radical (unpaired) electrons. The van der Waals surface area contributed by atoms with Crippen molar-refractivity contribution in [3.8, 4) is 0 Å². The third-order valence-corrected chi connectivity index (χ3v) is 4.09. The second-order valence-electron chi connectivity index (χ2n) is 7.06. The molecule has 1 aromatic carbocycles. The van der Waals surface area contributed by atoms with E-state index in [1.54, 1.807) is 0 Å². The van der Waals surface area contributed by atoms with Gasteiger partial charge in [-0.1, -0.05) is 66.7 Å². The zero-order chi connectivity index (χ0) is 15.5. The number of rotatable bonds is 5. The first kappa shape index (κ1) is 16.9. The molecule has 1 heteroatoms. The van der Waals surface area contributed by atoms with E-state index in [9.17, 15) is 4.79 Å². The Morgan fingerprint density at radius 1 is 1.15 bits per heavy atom. The molecule has 1 rings (SSSR count). The van der Waals surface area contributed by atoms with Gasteiger partial charge in [0.15, 0.2) is 0 Å². The number of hydrogen-bond donors (Lipinski definition) is 0. The lowest BCUT2D eigenvalue weighted by Crippen LogP contribution is -2.20. The number of benzene rings is 1. The molecule has 0 aliphatic heterocycles. The maximum atomic E-state index is 12.4. The van der Waals surface area contributed by atoms with Crippen LogP contribution in [0.25, 0.3) is 0 Å². The number of hydrogen-bond acceptors (Lipinski definition) is 1. The molecule has 0 heterocycles. The van der Waals surface area contributed by atoms with E-state index in [0.29, 0.717) is 18.1 Å². The van der Waals surface area contributed by atoms with E-state index in [2.05, 4.69) is 59.7 Å². The minimum Gasteiger partial charge on any atom is -0.299 e. The zero-order valence-electron chi connectivity index (χ0n) is 14.2. The molecule has 112 valence electrons. The Morgan fingerprint density at radius 2 is 1.75 bits per heavy atom. The normalized spacial score (nSPS) is 13.6. The summed E-state index contributed by atoms with van der Waals surface area (Å²) in [6.07, 6.45) is 1.60. The summed E-state index contributed by atoms with van der Waals surface area (Å²) in [5, 5.41) is 0. The molecule has 0 saturated carbocycles. The molecular formula is C19H30O. The van der Waals surface area contributed by atoms with Crippen molar-refractivity contribution in [2.24, 2.45) is 5.92 Å². The van der Waals surface area contributed by atoms with Gasteiger partial charge in [0, 0.05) is 12.3 Å². The Kier molecular flexibility index (Phi) is 5.56. The third kappa shape index (κ3) is 3.71. The summed E-state index contributed by atoms with van der Waals surface area (Å²) < 4.78 is 0. The minimum atomic E-state index is 0.0391. The van der Waals surface area contributed by atoms with Gasteiger partial charge in [0.1, 0.15) is 5.78 Å². The van der Waals surface area contributed by atoms with Crippen LogP contribution >= 0.6 is 0 Å². The molecule has 1 nitrogen and oxygen atoms in total. The fraction of sp³-hybridized carbons (Fsp3) is 0.632. The van der Waals surface area contributed by atoms with E-state index in [1.807, 2.05) is 6.92 Å². The van der Waals surface area contributed by atoms with Crippen molar-refractivity contribution in [2.75, 3.05) is 0 Å². The lowest BCUT2D eigenvalue weighted by atomic mass is 9.77. The smallest absolute Gasteiger partial charge is 0.140 e. The van der Waals surface area contributed by atoms with E-state index < -0.39 is 0 Å². The number of aryl methyl sites for hydroxylation is 1. The Balaban J connectivity index is 3.41. The lowest BCUT2D eigenvalue weighted by Gasteiger charge is -2.26. The first-order valence-corrected chi connectivity index (χ1v) is 7.88. The van der Waals surface area contributed by atoms with Crippen molar-refractivity contribution in [3.05, 3.63) is 34.9 Å². The van der Waals surface area contributed by atoms with Gasteiger partial charge in [-0.3, -0.25) is 4.79 Å². The van der Waals surface area contributed by atoms with Crippen LogP contribution in [0.4, 0.5) is 0 Å².